The van der Waals surface area contributed by atoms with Crippen molar-refractivity contribution in [3.05, 3.63) is 211 Å². The summed E-state index contributed by atoms with van der Waals surface area (Å²) in [5.41, 5.74) is 15.7. The summed E-state index contributed by atoms with van der Waals surface area (Å²) in [6.07, 6.45) is 7.81. The third kappa shape index (κ3) is 8.08. The number of ether oxygens (including phenoxy) is 1. The minimum Gasteiger partial charge on any atom is -0.510 e. The van der Waals surface area contributed by atoms with Gasteiger partial charge in [0.1, 0.15) is 5.82 Å². The van der Waals surface area contributed by atoms with Crippen LogP contribution in [0.25, 0.3) is 94.5 Å². The Balaban J connectivity index is 0.00000651. The smallest absolute Gasteiger partial charge is 0.268 e. The molecule has 11 aromatic rings. The van der Waals surface area contributed by atoms with Gasteiger partial charge in [-0.2, -0.15) is 18.2 Å². The molecule has 1 aliphatic heterocycles. The number of hydrogen-bond acceptors (Lipinski definition) is 2. The zero-order chi connectivity index (χ0) is 56.1. The number of imidazole rings is 1. The van der Waals surface area contributed by atoms with Crippen LogP contribution >= 0.6 is 0 Å². The summed E-state index contributed by atoms with van der Waals surface area (Å²) in [7, 11) is 0. The van der Waals surface area contributed by atoms with Crippen LogP contribution in [0.4, 0.5) is 0 Å². The van der Waals surface area contributed by atoms with E-state index in [1.165, 1.54) is 16.7 Å². The van der Waals surface area contributed by atoms with Crippen LogP contribution in [0, 0.1) is 18.5 Å². The maximum absolute atomic E-state index is 9.48. The molecule has 0 fully saturated rings. The number of hydrogen-bond donors (Lipinski definition) is 0. The maximum Gasteiger partial charge on any atom is 0.268 e. The van der Waals surface area contributed by atoms with Gasteiger partial charge in [-0.1, -0.05) is 178 Å². The molecular weight excluding hydrogens is 1110 g/mol. The molecule has 0 saturated carbocycles. The van der Waals surface area contributed by atoms with Crippen molar-refractivity contribution in [2.24, 2.45) is 0 Å². The molecule has 380 valence electrons. The normalized spacial score (nSPS) is 15.4. The summed E-state index contributed by atoms with van der Waals surface area (Å²) in [5.74, 6) is 1.79. The predicted molar refractivity (Wildman–Crippen MR) is 308 cm³/mol. The zero-order valence-electron chi connectivity index (χ0n) is 49.7. The first-order valence-electron chi connectivity index (χ1n) is 28.7. The number of aromatic nitrogens is 4. The van der Waals surface area contributed by atoms with Gasteiger partial charge in [-0.3, -0.25) is 4.57 Å². The summed E-state index contributed by atoms with van der Waals surface area (Å²) < 4.78 is 58.6. The molecule has 0 atom stereocenters. The monoisotopic (exact) mass is 1170 g/mol. The van der Waals surface area contributed by atoms with Gasteiger partial charge in [0.15, 0.2) is 0 Å². The van der Waals surface area contributed by atoms with Crippen LogP contribution < -0.4 is 9.30 Å². The molecule has 0 spiro atoms. The number of rotatable bonds is 5. The molecule has 2 aliphatic rings. The Labute approximate surface area is 469 Å². The first-order chi connectivity index (χ1) is 38.0. The molecule has 8 aromatic carbocycles. The second kappa shape index (κ2) is 17.9. The van der Waals surface area contributed by atoms with Crippen molar-refractivity contribution >= 4 is 32.8 Å². The van der Waals surface area contributed by atoms with E-state index in [1.807, 2.05) is 47.2 Å². The standard InChI is InChI=1S/C70H62N4O.Pt/c1-67(2,3)45-32-35-71-64(38-45)74-61-29-17-16-26-53(61)54-31-30-49(40-62(54)74)75-48-23-18-22-47(39-48)72-43-73-65-50(44-20-12-11-13-21-44)27-19-28-55(65)57-42-60-59(69(7,8)33-34-70(60,9)10)41-56(57)51-24-14-15-25-52(51)58-36-46(68(4,5)6)37-63(72)66(58)73;/h11-32,35-38,41-42H,33-34H2,1-10H3;/q-2;/i11D,12D,13D,20D,21D;. The summed E-state index contributed by atoms with van der Waals surface area (Å²) >= 11 is 0. The molecule has 4 heterocycles. The van der Waals surface area contributed by atoms with E-state index < -0.39 is 18.1 Å². The molecule has 0 saturated heterocycles. The van der Waals surface area contributed by atoms with Crippen LogP contribution in [0.1, 0.15) is 111 Å². The SMILES string of the molecule is [2H]c1c([2H])c([2H])c(-c2cccc3c2-[n+]2[c-]n(-c4[c-]c(Oc5[c-]c6c(cc5)c5ccccc5n6-c5cc(C(C)(C)C)ccn5)ccc4)c4cc(C(C)(C)C)cc(c42)-c2ccccc2-c2cc4c(cc2-3)C(C)(C)CCC4(C)C)c([2H])c1[2H].[Pt]. The Morgan fingerprint density at radius 2 is 1.21 bits per heavy atom. The number of fused-ring (bicyclic) bond motifs is 11. The van der Waals surface area contributed by atoms with Gasteiger partial charge in [0, 0.05) is 44.3 Å². The van der Waals surface area contributed by atoms with Gasteiger partial charge in [-0.15, -0.1) is 29.7 Å². The molecular formula is C70H62N4OPt-2. The largest absolute Gasteiger partial charge is 0.510 e. The van der Waals surface area contributed by atoms with Gasteiger partial charge in [0.25, 0.3) is 6.33 Å². The van der Waals surface area contributed by atoms with Gasteiger partial charge in [-0.05, 0) is 143 Å². The van der Waals surface area contributed by atoms with E-state index in [2.05, 4.69) is 194 Å². The van der Waals surface area contributed by atoms with E-state index in [4.69, 9.17) is 13.8 Å². The summed E-state index contributed by atoms with van der Waals surface area (Å²) in [4.78, 5) is 4.89. The van der Waals surface area contributed by atoms with E-state index >= 15 is 0 Å². The quantitative estimate of drug-likeness (QED) is 0.127. The number of benzene rings is 8. The predicted octanol–water partition coefficient (Wildman–Crippen LogP) is 17.5. The average molecular weight is 1180 g/mol. The molecule has 1 aliphatic carbocycles. The number of para-hydroxylation sites is 2. The molecule has 0 radical (unpaired) electrons. The van der Waals surface area contributed by atoms with Crippen molar-refractivity contribution < 1.29 is 37.2 Å². The van der Waals surface area contributed by atoms with Crippen LogP contribution in [0.3, 0.4) is 0 Å². The first kappa shape index (κ1) is 43.9. The molecule has 0 bridgehead atoms. The molecule has 3 aromatic heterocycles. The molecule has 5 nitrogen and oxygen atoms in total. The van der Waals surface area contributed by atoms with Crippen molar-refractivity contribution in [1.82, 2.24) is 14.1 Å². The van der Waals surface area contributed by atoms with Gasteiger partial charge in [0.2, 0.25) is 0 Å². The van der Waals surface area contributed by atoms with Crippen molar-refractivity contribution in [3.63, 3.8) is 0 Å². The van der Waals surface area contributed by atoms with E-state index in [9.17, 15) is 2.74 Å². The Kier molecular flexibility index (Phi) is 10.3. The first-order valence-corrected chi connectivity index (χ1v) is 26.2. The van der Waals surface area contributed by atoms with Crippen LogP contribution in [-0.4, -0.2) is 14.1 Å². The molecule has 0 amide bonds. The number of nitrogens with zero attached hydrogens (tertiary/aromatic N) is 4. The third-order valence-corrected chi connectivity index (χ3v) is 16.0. The van der Waals surface area contributed by atoms with Crippen LogP contribution in [0.5, 0.6) is 11.5 Å². The summed E-state index contributed by atoms with van der Waals surface area (Å²) in [5, 5.41) is 2.12. The van der Waals surface area contributed by atoms with Crippen LogP contribution in [0.2, 0.25) is 0 Å². The average Bonchev–Trinajstić information content (AvgIpc) is 4.22. The van der Waals surface area contributed by atoms with E-state index in [1.54, 1.807) is 0 Å². The molecule has 0 unspecified atom stereocenters. The van der Waals surface area contributed by atoms with Gasteiger partial charge in [-0.25, -0.2) is 4.98 Å². The number of pyridine rings is 1. The zero-order valence-corrected chi connectivity index (χ0v) is 47.0. The minimum absolute atomic E-state index is 0. The van der Waals surface area contributed by atoms with Crippen molar-refractivity contribution in [1.29, 1.82) is 0 Å². The summed E-state index contributed by atoms with van der Waals surface area (Å²) in [6.45, 7) is 22.7. The maximum atomic E-state index is 9.48. The Morgan fingerprint density at radius 3 is 1.93 bits per heavy atom. The fourth-order valence-corrected chi connectivity index (χ4v) is 11.7. The topological polar surface area (TPSA) is 35.9 Å². The molecule has 13 rings (SSSR count). The van der Waals surface area contributed by atoms with Gasteiger partial charge in [0.05, 0.1) is 23.6 Å². The van der Waals surface area contributed by atoms with E-state index in [0.29, 0.717) is 28.4 Å². The molecule has 76 heavy (non-hydrogen) atoms. The Morgan fingerprint density at radius 1 is 0.579 bits per heavy atom. The fourth-order valence-electron chi connectivity index (χ4n) is 11.7. The van der Waals surface area contributed by atoms with Crippen molar-refractivity contribution in [3.8, 4) is 73.2 Å². The van der Waals surface area contributed by atoms with E-state index in [-0.39, 0.29) is 60.4 Å². The van der Waals surface area contributed by atoms with Crippen LogP contribution in [-0.2, 0) is 42.7 Å². The second-order valence-electron chi connectivity index (χ2n) is 24.0. The van der Waals surface area contributed by atoms with Gasteiger partial charge < -0.3 is 13.9 Å². The van der Waals surface area contributed by atoms with Crippen LogP contribution in [0.15, 0.2) is 170 Å². The fraction of sp³-hybridized carbons (Fsp3) is 0.229. The van der Waals surface area contributed by atoms with E-state index in [0.717, 1.165) is 90.4 Å². The third-order valence-electron chi connectivity index (χ3n) is 16.0. The summed E-state index contributed by atoms with van der Waals surface area (Å²) in [6, 6.07) is 52.0. The Bertz CT molecular complexity index is 4410. The molecule has 6 heteroatoms. The van der Waals surface area contributed by atoms with Crippen molar-refractivity contribution in [2.45, 2.75) is 104 Å². The molecule has 0 N–H and O–H groups in total. The second-order valence-corrected chi connectivity index (χ2v) is 24.0. The van der Waals surface area contributed by atoms with Gasteiger partial charge >= 0.3 is 0 Å². The van der Waals surface area contributed by atoms with Crippen molar-refractivity contribution in [2.75, 3.05) is 0 Å². The Hall–Kier alpha value is -7.33. The minimum atomic E-state index is -0.440.